The second-order valence-corrected chi connectivity index (χ2v) is 8.85. The van der Waals surface area contributed by atoms with Crippen molar-refractivity contribution in [2.24, 2.45) is 11.0 Å². The summed E-state index contributed by atoms with van der Waals surface area (Å²) in [5, 5.41) is 13.5. The summed E-state index contributed by atoms with van der Waals surface area (Å²) in [5.74, 6) is 1.40. The largest absolute Gasteiger partial charge is 0.472 e. The minimum atomic E-state index is -0.120. The van der Waals surface area contributed by atoms with E-state index < -0.39 is 0 Å². The highest BCUT2D eigenvalue weighted by molar-refractivity contribution is 6.34. The molecule has 9 nitrogen and oxygen atoms in total. The maximum Gasteiger partial charge on any atom is 0.310 e. The van der Waals surface area contributed by atoms with Crippen LogP contribution in [0.25, 0.3) is 11.0 Å². The Morgan fingerprint density at radius 1 is 1.37 bits per heavy atom. The highest BCUT2D eigenvalue weighted by Crippen LogP contribution is 2.29. The van der Waals surface area contributed by atoms with Gasteiger partial charge < -0.3 is 14.8 Å². The monoisotopic (exact) mass is 430 g/mol. The van der Waals surface area contributed by atoms with Crippen LogP contribution >= 0.6 is 11.6 Å². The Labute approximate surface area is 179 Å². The predicted molar refractivity (Wildman–Crippen MR) is 114 cm³/mol. The zero-order valence-corrected chi connectivity index (χ0v) is 18.1. The first-order valence-corrected chi connectivity index (χ1v) is 10.6. The van der Waals surface area contributed by atoms with Crippen LogP contribution in [0.15, 0.2) is 22.7 Å². The van der Waals surface area contributed by atoms with Crippen molar-refractivity contribution in [2.45, 2.75) is 52.2 Å². The molecule has 1 unspecified atom stereocenters. The fraction of sp³-hybridized carbons (Fsp3) is 0.550. The van der Waals surface area contributed by atoms with Crippen molar-refractivity contribution in [3.63, 3.8) is 0 Å². The zero-order chi connectivity index (χ0) is 20.9. The molecule has 1 fully saturated rings. The number of fused-ring (bicyclic) bond motifs is 2. The zero-order valence-electron chi connectivity index (χ0n) is 17.4. The van der Waals surface area contributed by atoms with Gasteiger partial charge in [0.2, 0.25) is 11.6 Å². The number of halogens is 1. The van der Waals surface area contributed by atoms with Crippen molar-refractivity contribution >= 4 is 40.7 Å². The molecule has 0 amide bonds. The smallest absolute Gasteiger partial charge is 0.310 e. The van der Waals surface area contributed by atoms with Gasteiger partial charge in [0.25, 0.3) is 0 Å². The number of ether oxygens (including phenoxy) is 2. The molecular formula is C20H25ClN7O2+. The van der Waals surface area contributed by atoms with Crippen molar-refractivity contribution < 1.29 is 14.2 Å². The van der Waals surface area contributed by atoms with Gasteiger partial charge in [0.1, 0.15) is 0 Å². The molecule has 1 N–H and O–H groups in total. The normalized spacial score (nSPS) is 25.0. The Morgan fingerprint density at radius 2 is 2.23 bits per heavy atom. The van der Waals surface area contributed by atoms with Crippen molar-refractivity contribution in [1.82, 2.24) is 19.7 Å². The molecule has 0 aliphatic carbocycles. The van der Waals surface area contributed by atoms with Gasteiger partial charge in [-0.15, -0.1) is 0 Å². The standard InChI is InChI=1S/C20H25ClN7O2/c1-12-15-18(26-28(12)11-13-5-8-30-20(2,3)9-13)29-7-4-6-27-17-14(16(21)25-27)10-22-19(23-15)24-17/h10-11,13H,4-9H2,1-3H3,(H,22,23,24)/q+1/b28-11+. The van der Waals surface area contributed by atoms with E-state index >= 15 is 0 Å². The van der Waals surface area contributed by atoms with Gasteiger partial charge in [-0.3, -0.25) is 0 Å². The summed E-state index contributed by atoms with van der Waals surface area (Å²) in [4.78, 5) is 9.05. The van der Waals surface area contributed by atoms with E-state index in [1.165, 1.54) is 0 Å². The Morgan fingerprint density at radius 3 is 3.07 bits per heavy atom. The minimum Gasteiger partial charge on any atom is -0.472 e. The predicted octanol–water partition coefficient (Wildman–Crippen LogP) is 3.16. The van der Waals surface area contributed by atoms with Gasteiger partial charge in [-0.2, -0.15) is 10.1 Å². The fourth-order valence-corrected chi connectivity index (χ4v) is 4.35. The first-order chi connectivity index (χ1) is 14.4. The first-order valence-electron chi connectivity index (χ1n) is 10.3. The molecular weight excluding hydrogens is 406 g/mol. The third kappa shape index (κ3) is 3.56. The molecule has 2 bridgehead atoms. The molecule has 5 heterocycles. The van der Waals surface area contributed by atoms with E-state index in [4.69, 9.17) is 26.2 Å². The molecule has 10 heteroatoms. The van der Waals surface area contributed by atoms with Crippen molar-refractivity contribution in [1.29, 1.82) is 0 Å². The van der Waals surface area contributed by atoms with Crippen LogP contribution in [0.4, 0.5) is 5.95 Å². The van der Waals surface area contributed by atoms with E-state index in [9.17, 15) is 0 Å². The molecule has 158 valence electrons. The van der Waals surface area contributed by atoms with Gasteiger partial charge in [0.05, 0.1) is 17.6 Å². The number of hydrogen-bond acceptors (Lipinski definition) is 7. The Balaban J connectivity index is 1.50. The number of allylic oxidation sites excluding steroid dienone is 1. The minimum absolute atomic E-state index is 0.120. The number of hydrogen-bond donors (Lipinski definition) is 1. The van der Waals surface area contributed by atoms with Gasteiger partial charge >= 0.3 is 5.90 Å². The van der Waals surface area contributed by atoms with E-state index in [2.05, 4.69) is 40.4 Å². The molecule has 3 aliphatic heterocycles. The summed E-state index contributed by atoms with van der Waals surface area (Å²) in [7, 11) is 0. The van der Waals surface area contributed by atoms with Crippen LogP contribution in [0, 0.1) is 5.92 Å². The first kappa shape index (κ1) is 19.4. The molecule has 1 saturated heterocycles. The van der Waals surface area contributed by atoms with Crippen LogP contribution in [0.3, 0.4) is 0 Å². The van der Waals surface area contributed by atoms with Crippen molar-refractivity contribution in [2.75, 3.05) is 18.5 Å². The maximum absolute atomic E-state index is 6.23. The van der Waals surface area contributed by atoms with Crippen LogP contribution in [0.1, 0.15) is 40.0 Å². The average Bonchev–Trinajstić information content (AvgIpc) is 3.15. The quantitative estimate of drug-likeness (QED) is 0.699. The molecule has 30 heavy (non-hydrogen) atoms. The third-order valence-corrected chi connectivity index (χ3v) is 5.92. The van der Waals surface area contributed by atoms with Crippen molar-refractivity contribution in [3.05, 3.63) is 22.7 Å². The van der Waals surface area contributed by atoms with Crippen LogP contribution in [-0.2, 0) is 16.0 Å². The molecule has 2 aromatic rings. The molecule has 0 spiro atoms. The lowest BCUT2D eigenvalue weighted by molar-refractivity contribution is -0.476. The highest BCUT2D eigenvalue weighted by Gasteiger charge is 2.35. The average molecular weight is 431 g/mol. The number of hydrazone groups is 1. The molecule has 0 aromatic carbocycles. The van der Waals surface area contributed by atoms with E-state index in [0.29, 0.717) is 41.7 Å². The van der Waals surface area contributed by atoms with Gasteiger partial charge in [0, 0.05) is 43.7 Å². The van der Waals surface area contributed by atoms with Gasteiger partial charge in [-0.05, 0) is 26.7 Å². The second kappa shape index (κ2) is 7.31. The summed E-state index contributed by atoms with van der Waals surface area (Å²) in [6.07, 6.45) is 6.56. The van der Waals surface area contributed by atoms with Crippen LogP contribution < -0.4 is 5.32 Å². The maximum atomic E-state index is 6.23. The number of nitrogens with one attached hydrogen (secondary N) is 1. The highest BCUT2D eigenvalue weighted by atomic mass is 35.5. The second-order valence-electron chi connectivity index (χ2n) is 8.49. The molecule has 0 saturated carbocycles. The molecule has 5 rings (SSSR count). The Hall–Kier alpha value is -2.52. The number of aryl methyl sites for hydroxylation is 1. The fourth-order valence-electron chi connectivity index (χ4n) is 4.12. The van der Waals surface area contributed by atoms with Gasteiger partial charge in [-0.25, -0.2) is 9.67 Å². The lowest BCUT2D eigenvalue weighted by Crippen LogP contribution is -2.35. The van der Waals surface area contributed by atoms with E-state index in [0.717, 1.165) is 42.6 Å². The molecule has 1 atom stereocenters. The number of nitrogens with zero attached hydrogens (tertiary/aromatic N) is 6. The Bertz CT molecular complexity index is 1100. The lowest BCUT2D eigenvalue weighted by Gasteiger charge is -2.32. The SMILES string of the molecule is CC1=C2Nc3ncc4c(Cl)nn(c4n3)CCCOC2=N/[N+]1=C/C1CCOC(C)(C)C1. The summed E-state index contributed by atoms with van der Waals surface area (Å²) in [6.45, 7) is 8.20. The van der Waals surface area contributed by atoms with E-state index in [-0.39, 0.29) is 5.60 Å². The summed E-state index contributed by atoms with van der Waals surface area (Å²) >= 11 is 6.23. The summed E-state index contributed by atoms with van der Waals surface area (Å²) in [6, 6.07) is 0. The number of anilines is 1. The van der Waals surface area contributed by atoms with Crippen LogP contribution in [0.5, 0.6) is 0 Å². The van der Waals surface area contributed by atoms with E-state index in [1.807, 2.05) is 11.6 Å². The van der Waals surface area contributed by atoms with Crippen LogP contribution in [0.2, 0.25) is 5.15 Å². The topological polar surface area (TPSA) is 89.5 Å². The van der Waals surface area contributed by atoms with Crippen LogP contribution in [-0.4, -0.2) is 55.4 Å². The number of rotatable bonds is 1. The Kier molecular flexibility index (Phi) is 4.74. The molecule has 3 aliphatic rings. The third-order valence-electron chi connectivity index (χ3n) is 5.64. The number of aromatic nitrogens is 4. The van der Waals surface area contributed by atoms with E-state index in [1.54, 1.807) is 10.9 Å². The summed E-state index contributed by atoms with van der Waals surface area (Å²) in [5.41, 5.74) is 2.31. The summed E-state index contributed by atoms with van der Waals surface area (Å²) < 4.78 is 15.6. The van der Waals surface area contributed by atoms with Gasteiger partial charge in [0.15, 0.2) is 22.7 Å². The lowest BCUT2D eigenvalue weighted by atomic mass is 9.89. The molecule has 2 aromatic heterocycles. The van der Waals surface area contributed by atoms with Crippen molar-refractivity contribution in [3.8, 4) is 0 Å². The van der Waals surface area contributed by atoms with Gasteiger partial charge in [-0.1, -0.05) is 16.3 Å². The molecule has 0 radical (unpaired) electrons.